The number of rotatable bonds is 9. The number of oxazole rings is 1. The molecule has 1 aromatic carbocycles. The number of nitrogens with zero attached hydrogens (tertiary/aromatic N) is 4. The van der Waals surface area contributed by atoms with Gasteiger partial charge in [-0.3, -0.25) is 14.6 Å². The van der Waals surface area contributed by atoms with Crippen LogP contribution in [0.1, 0.15) is 95.1 Å². The molecule has 2 saturated carbocycles. The highest BCUT2D eigenvalue weighted by Crippen LogP contribution is 2.39. The average Bonchev–Trinajstić information content (AvgIpc) is 3.59. The van der Waals surface area contributed by atoms with Crippen molar-refractivity contribution in [1.29, 1.82) is 0 Å². The number of anilines is 1. The van der Waals surface area contributed by atoms with Gasteiger partial charge in [-0.25, -0.2) is 14.8 Å². The van der Waals surface area contributed by atoms with Gasteiger partial charge in [-0.05, 0) is 113 Å². The van der Waals surface area contributed by atoms with Crippen LogP contribution >= 0.6 is 0 Å². The molecule has 258 valence electrons. The topological polar surface area (TPSA) is 118 Å². The molecule has 1 saturated heterocycles. The molecule has 2 amide bonds. The number of β-amino-alcohol motifs (C(OH)–C–C–N with tert-alkyl or cyclic N) is 1. The van der Waals surface area contributed by atoms with E-state index in [0.29, 0.717) is 62.2 Å². The van der Waals surface area contributed by atoms with Crippen molar-refractivity contribution in [1.82, 2.24) is 14.9 Å². The van der Waals surface area contributed by atoms with Crippen LogP contribution in [0.2, 0.25) is 0 Å². The quantitative estimate of drug-likeness (QED) is 0.259. The normalized spacial score (nSPS) is 25.2. The molecule has 1 unspecified atom stereocenters. The summed E-state index contributed by atoms with van der Waals surface area (Å²) in [4.78, 5) is 40.0. The van der Waals surface area contributed by atoms with Crippen LogP contribution < -0.4 is 9.64 Å². The molecule has 3 aliphatic rings. The van der Waals surface area contributed by atoms with Crippen molar-refractivity contribution in [3.63, 3.8) is 0 Å². The molecule has 10 heteroatoms. The SMILES string of the molecule is CCc1nc(-c2ccnc(N(CC3CCC(c4ccc(OC)c(C)c4)CC3)C(=O)C3CCC(OC(=O)N4CC(O)C4(C)C)CC3)c2)co1. The van der Waals surface area contributed by atoms with Crippen LogP contribution in [0.5, 0.6) is 5.75 Å². The molecule has 2 aliphatic carbocycles. The third-order valence-corrected chi connectivity index (χ3v) is 11.0. The lowest BCUT2D eigenvalue weighted by Crippen LogP contribution is -2.69. The zero-order valence-electron chi connectivity index (χ0n) is 29.0. The van der Waals surface area contributed by atoms with Gasteiger partial charge in [0.1, 0.15) is 29.6 Å². The third kappa shape index (κ3) is 7.09. The number of ether oxygens (including phenoxy) is 2. The molecule has 1 atom stereocenters. The van der Waals surface area contributed by atoms with Crippen LogP contribution in [-0.4, -0.2) is 69.9 Å². The molecular weight excluding hydrogens is 608 g/mol. The van der Waals surface area contributed by atoms with Gasteiger partial charge in [0, 0.05) is 30.6 Å². The van der Waals surface area contributed by atoms with Gasteiger partial charge >= 0.3 is 6.09 Å². The van der Waals surface area contributed by atoms with E-state index in [-0.39, 0.29) is 30.6 Å². The summed E-state index contributed by atoms with van der Waals surface area (Å²) in [5.41, 5.74) is 3.50. The van der Waals surface area contributed by atoms with Crippen molar-refractivity contribution in [2.45, 2.75) is 109 Å². The number of amides is 2. The molecule has 1 aliphatic heterocycles. The molecule has 6 rings (SSSR count). The fourth-order valence-corrected chi connectivity index (χ4v) is 7.58. The average molecular weight is 659 g/mol. The van der Waals surface area contributed by atoms with Crippen LogP contribution in [0.15, 0.2) is 47.2 Å². The zero-order valence-corrected chi connectivity index (χ0v) is 29.0. The second kappa shape index (κ2) is 14.3. The van der Waals surface area contributed by atoms with Crippen LogP contribution in [0, 0.1) is 18.8 Å². The van der Waals surface area contributed by atoms with Crippen molar-refractivity contribution in [2.24, 2.45) is 11.8 Å². The van der Waals surface area contributed by atoms with Crippen LogP contribution in [0.3, 0.4) is 0 Å². The monoisotopic (exact) mass is 658 g/mol. The van der Waals surface area contributed by atoms with Crippen molar-refractivity contribution in [2.75, 3.05) is 25.1 Å². The highest BCUT2D eigenvalue weighted by molar-refractivity contribution is 5.94. The minimum Gasteiger partial charge on any atom is -0.496 e. The van der Waals surface area contributed by atoms with Crippen molar-refractivity contribution in [3.8, 4) is 17.0 Å². The molecule has 2 aromatic heterocycles. The first-order valence-electron chi connectivity index (χ1n) is 17.6. The summed E-state index contributed by atoms with van der Waals surface area (Å²) < 4.78 is 16.9. The molecule has 10 nitrogen and oxygen atoms in total. The van der Waals surface area contributed by atoms with Gasteiger partial charge < -0.3 is 19.0 Å². The lowest BCUT2D eigenvalue weighted by molar-refractivity contribution is -0.125. The predicted molar refractivity (Wildman–Crippen MR) is 183 cm³/mol. The van der Waals surface area contributed by atoms with E-state index in [1.165, 1.54) is 5.56 Å². The number of carbonyl (C=O) groups excluding carboxylic acids is 2. The number of aliphatic hydroxyl groups is 1. The smallest absolute Gasteiger partial charge is 0.410 e. The van der Waals surface area contributed by atoms with Gasteiger partial charge in [-0.2, -0.15) is 0 Å². The van der Waals surface area contributed by atoms with Gasteiger partial charge in [0.25, 0.3) is 0 Å². The Labute approximate surface area is 283 Å². The Bertz CT molecular complexity index is 1590. The summed E-state index contributed by atoms with van der Waals surface area (Å²) >= 11 is 0. The minimum atomic E-state index is -0.622. The first-order chi connectivity index (χ1) is 23.1. The number of aliphatic hydroxyl groups excluding tert-OH is 1. The van der Waals surface area contributed by atoms with E-state index in [1.807, 2.05) is 37.8 Å². The molecular formula is C38H50N4O6. The van der Waals surface area contributed by atoms with Gasteiger partial charge in [-0.1, -0.05) is 19.1 Å². The number of likely N-dealkylation sites (tertiary alicyclic amines) is 1. The van der Waals surface area contributed by atoms with E-state index in [2.05, 4.69) is 30.1 Å². The van der Waals surface area contributed by atoms with Crippen LogP contribution in [-0.2, 0) is 16.0 Å². The van der Waals surface area contributed by atoms with E-state index in [1.54, 1.807) is 24.5 Å². The Morgan fingerprint density at radius 1 is 1.06 bits per heavy atom. The van der Waals surface area contributed by atoms with Crippen LogP contribution in [0.25, 0.3) is 11.3 Å². The summed E-state index contributed by atoms with van der Waals surface area (Å²) in [6, 6.07) is 10.4. The maximum atomic E-state index is 14.4. The standard InChI is InChI=1S/C38H50N4O6/c1-6-35-40-31(23-47-35)29-17-18-39-34(20-29)41(21-25-7-9-26(10-8-25)28-13-16-32(46-5)24(2)19-28)36(44)27-11-14-30(15-12-27)48-37(45)42-22-33(43)38(42,3)4/h13,16-20,23,25-27,30,33,43H,6-12,14-15,21-22H2,1-5H3. The maximum Gasteiger partial charge on any atom is 0.410 e. The lowest BCUT2D eigenvalue weighted by atomic mass is 9.78. The Hall–Kier alpha value is -3.92. The fraction of sp³-hybridized carbons (Fsp3) is 0.579. The lowest BCUT2D eigenvalue weighted by Gasteiger charge is -2.51. The van der Waals surface area contributed by atoms with Gasteiger partial charge in [-0.15, -0.1) is 0 Å². The predicted octanol–water partition coefficient (Wildman–Crippen LogP) is 7.07. The first kappa shape index (κ1) is 34.0. The van der Waals surface area contributed by atoms with E-state index in [9.17, 15) is 14.7 Å². The number of pyridine rings is 1. The van der Waals surface area contributed by atoms with E-state index in [4.69, 9.17) is 18.9 Å². The number of hydrogen-bond acceptors (Lipinski definition) is 8. The molecule has 0 radical (unpaired) electrons. The molecule has 48 heavy (non-hydrogen) atoms. The van der Waals surface area contributed by atoms with Crippen LogP contribution in [0.4, 0.5) is 10.6 Å². The van der Waals surface area contributed by atoms with Crippen molar-refractivity contribution >= 4 is 17.8 Å². The molecule has 3 heterocycles. The fourth-order valence-electron chi connectivity index (χ4n) is 7.58. The molecule has 3 aromatic rings. The summed E-state index contributed by atoms with van der Waals surface area (Å²) in [5, 5.41) is 10.0. The number of methoxy groups -OCH3 is 1. The third-order valence-electron chi connectivity index (χ3n) is 11.0. The Morgan fingerprint density at radius 2 is 1.81 bits per heavy atom. The Morgan fingerprint density at radius 3 is 2.44 bits per heavy atom. The van der Waals surface area contributed by atoms with E-state index >= 15 is 0 Å². The second-order valence-electron chi connectivity index (χ2n) is 14.4. The van der Waals surface area contributed by atoms with Gasteiger partial charge in [0.2, 0.25) is 5.91 Å². The van der Waals surface area contributed by atoms with E-state index in [0.717, 1.165) is 48.3 Å². The van der Waals surface area contributed by atoms with Crippen molar-refractivity contribution < 1.29 is 28.6 Å². The molecule has 3 fully saturated rings. The van der Waals surface area contributed by atoms with E-state index < -0.39 is 11.6 Å². The van der Waals surface area contributed by atoms with Gasteiger partial charge in [0.15, 0.2) is 5.89 Å². The number of benzene rings is 1. The highest BCUT2D eigenvalue weighted by Gasteiger charge is 2.49. The molecule has 0 bridgehead atoms. The number of carbonyl (C=O) groups is 2. The van der Waals surface area contributed by atoms with Crippen molar-refractivity contribution in [3.05, 3.63) is 59.8 Å². The molecule has 1 N–H and O–H groups in total. The maximum absolute atomic E-state index is 14.4. The van der Waals surface area contributed by atoms with Gasteiger partial charge in [0.05, 0.1) is 25.3 Å². The second-order valence-corrected chi connectivity index (χ2v) is 14.4. The number of aryl methyl sites for hydroxylation is 2. The first-order valence-corrected chi connectivity index (χ1v) is 17.6. The largest absolute Gasteiger partial charge is 0.496 e. The Balaban J connectivity index is 1.14. The highest BCUT2D eigenvalue weighted by atomic mass is 16.6. The zero-order chi connectivity index (χ0) is 34.0. The minimum absolute atomic E-state index is 0.0822. The number of hydrogen-bond donors (Lipinski definition) is 1. The number of aromatic nitrogens is 2. The molecule has 0 spiro atoms. The summed E-state index contributed by atoms with van der Waals surface area (Å²) in [6.07, 6.45) is 9.72. The summed E-state index contributed by atoms with van der Waals surface area (Å²) in [5.74, 6) is 2.99. The summed E-state index contributed by atoms with van der Waals surface area (Å²) in [7, 11) is 1.71. The summed E-state index contributed by atoms with van der Waals surface area (Å²) in [6.45, 7) is 8.68. The Kier molecular flexibility index (Phi) is 10.1.